The fraction of sp³-hybridized carbons (Fsp3) is 0.926. The van der Waals surface area contributed by atoms with Crippen molar-refractivity contribution in [3.05, 3.63) is 11.6 Å². The third-order valence-electron chi connectivity index (χ3n) is 10.5. The lowest BCUT2D eigenvalue weighted by atomic mass is 9.46. The summed E-state index contributed by atoms with van der Waals surface area (Å²) in [5, 5.41) is 36.8. The van der Waals surface area contributed by atoms with Gasteiger partial charge in [0.05, 0.1) is 12.2 Å². The molecule has 4 heteroatoms. The first-order chi connectivity index (χ1) is 14.7. The second-order valence-corrected chi connectivity index (χ2v) is 11.9. The zero-order valence-electron chi connectivity index (χ0n) is 20.4. The van der Waals surface area contributed by atoms with Crippen molar-refractivity contribution in [2.75, 3.05) is 6.54 Å². The molecule has 0 bridgehead atoms. The maximum atomic E-state index is 12.0. The van der Waals surface area contributed by atoms with Crippen LogP contribution in [0.15, 0.2) is 11.6 Å². The maximum absolute atomic E-state index is 12.0. The van der Waals surface area contributed by atoms with Gasteiger partial charge in [-0.3, -0.25) is 0 Å². The second-order valence-electron chi connectivity index (χ2n) is 11.9. The van der Waals surface area contributed by atoms with E-state index in [0.29, 0.717) is 17.8 Å². The number of allylic oxidation sites excluding steroid dienone is 1. The van der Waals surface area contributed by atoms with E-state index in [1.165, 1.54) is 24.8 Å². The summed E-state index contributed by atoms with van der Waals surface area (Å²) in [6.45, 7) is 9.68. The Morgan fingerprint density at radius 2 is 1.90 bits per heavy atom. The smallest absolute Gasteiger partial charge is 0.111 e. The summed E-state index contributed by atoms with van der Waals surface area (Å²) in [5.74, 6) is 1.64. The number of fused-ring (bicyclic) bond motifs is 5. The van der Waals surface area contributed by atoms with E-state index >= 15 is 0 Å². The van der Waals surface area contributed by atoms with E-state index in [4.69, 9.17) is 0 Å². The van der Waals surface area contributed by atoms with Crippen LogP contribution in [0.1, 0.15) is 98.3 Å². The molecule has 0 amide bonds. The van der Waals surface area contributed by atoms with Gasteiger partial charge in [-0.15, -0.1) is 0 Å². The maximum Gasteiger partial charge on any atom is 0.111 e. The van der Waals surface area contributed by atoms with Crippen molar-refractivity contribution < 1.29 is 15.3 Å². The van der Waals surface area contributed by atoms with Crippen molar-refractivity contribution in [3.8, 4) is 0 Å². The number of nitrogens with one attached hydrogen (secondary N) is 1. The van der Waals surface area contributed by atoms with Crippen LogP contribution in [0, 0.1) is 28.6 Å². The van der Waals surface area contributed by atoms with Crippen molar-refractivity contribution in [2.24, 2.45) is 28.6 Å². The second kappa shape index (κ2) is 8.74. The standard InChI is InChI=1S/C27H47NO3/c1-5-6-7-8-15-28-24-17-23-21-10-9-19-16-20(30)11-13-25(19,3)22(21)12-14-26(23,4)27(24,31)18(2)29/h9,18,20-24,28-31H,5-8,10-17H2,1-4H3/t18-,20+,21+,22-,23-,24+,25+,26+,27-/m1/s1. The number of aliphatic hydroxyl groups is 3. The third-order valence-corrected chi connectivity index (χ3v) is 10.5. The van der Waals surface area contributed by atoms with Gasteiger partial charge in [0.1, 0.15) is 5.60 Å². The Morgan fingerprint density at radius 1 is 1.13 bits per heavy atom. The van der Waals surface area contributed by atoms with Gasteiger partial charge in [-0.1, -0.05) is 51.7 Å². The molecule has 4 nitrogen and oxygen atoms in total. The fourth-order valence-corrected chi connectivity index (χ4v) is 8.56. The Labute approximate surface area is 189 Å². The molecule has 3 fully saturated rings. The summed E-state index contributed by atoms with van der Waals surface area (Å²) in [6, 6.07) is -0.0331. The van der Waals surface area contributed by atoms with Crippen LogP contribution >= 0.6 is 0 Å². The molecule has 0 aromatic carbocycles. The predicted octanol–water partition coefficient (Wildman–Crippen LogP) is 4.57. The lowest BCUT2D eigenvalue weighted by Crippen LogP contribution is -2.63. The van der Waals surface area contributed by atoms with Gasteiger partial charge in [-0.2, -0.15) is 0 Å². The molecule has 178 valence electrons. The number of aliphatic hydroxyl groups excluding tert-OH is 2. The van der Waals surface area contributed by atoms with Crippen LogP contribution < -0.4 is 5.32 Å². The monoisotopic (exact) mass is 433 g/mol. The minimum absolute atomic E-state index is 0.0331. The lowest BCUT2D eigenvalue weighted by molar-refractivity contribution is -0.178. The van der Waals surface area contributed by atoms with E-state index in [1.54, 1.807) is 6.92 Å². The molecular formula is C27H47NO3. The van der Waals surface area contributed by atoms with Crippen LogP contribution in [-0.4, -0.2) is 45.7 Å². The van der Waals surface area contributed by atoms with Crippen molar-refractivity contribution in [3.63, 3.8) is 0 Å². The van der Waals surface area contributed by atoms with E-state index in [0.717, 1.165) is 57.9 Å². The molecule has 4 aliphatic rings. The minimum Gasteiger partial charge on any atom is -0.393 e. The number of hydrogen-bond acceptors (Lipinski definition) is 4. The highest BCUT2D eigenvalue weighted by Crippen LogP contribution is 2.67. The third kappa shape index (κ3) is 3.64. The normalized spacial score (nSPS) is 47.8. The zero-order valence-corrected chi connectivity index (χ0v) is 20.4. The van der Waals surface area contributed by atoms with E-state index < -0.39 is 11.7 Å². The Balaban J connectivity index is 1.57. The van der Waals surface area contributed by atoms with E-state index in [2.05, 4.69) is 32.2 Å². The van der Waals surface area contributed by atoms with Gasteiger partial charge in [0.25, 0.3) is 0 Å². The van der Waals surface area contributed by atoms with Crippen molar-refractivity contribution in [1.82, 2.24) is 5.32 Å². The fourth-order valence-electron chi connectivity index (χ4n) is 8.56. The van der Waals surface area contributed by atoms with Gasteiger partial charge in [-0.05, 0) is 88.0 Å². The summed E-state index contributed by atoms with van der Waals surface area (Å²) < 4.78 is 0. The number of hydrogen-bond donors (Lipinski definition) is 4. The van der Waals surface area contributed by atoms with Crippen LogP contribution in [0.3, 0.4) is 0 Å². The quantitative estimate of drug-likeness (QED) is 0.351. The van der Waals surface area contributed by atoms with Gasteiger partial charge in [0.2, 0.25) is 0 Å². The molecule has 0 radical (unpaired) electrons. The molecule has 0 saturated heterocycles. The predicted molar refractivity (Wildman–Crippen MR) is 126 cm³/mol. The SMILES string of the molecule is CCCCCCN[C@H]1C[C@@H]2[C@H]3CC=C4C[C@@H](O)CC[C@]4(C)[C@@H]3CC[C@]2(C)[C@@]1(O)[C@@H](C)O. The van der Waals surface area contributed by atoms with Gasteiger partial charge >= 0.3 is 0 Å². The molecular weight excluding hydrogens is 386 g/mol. The summed E-state index contributed by atoms with van der Waals surface area (Å²) in [6.07, 6.45) is 13.4. The lowest BCUT2D eigenvalue weighted by Gasteiger charge is -2.59. The highest BCUT2D eigenvalue weighted by atomic mass is 16.3. The largest absolute Gasteiger partial charge is 0.393 e. The summed E-state index contributed by atoms with van der Waals surface area (Å²) in [7, 11) is 0. The van der Waals surface area contributed by atoms with Gasteiger partial charge in [-0.25, -0.2) is 0 Å². The zero-order chi connectivity index (χ0) is 22.4. The first kappa shape index (κ1) is 23.7. The number of unbranched alkanes of at least 4 members (excludes halogenated alkanes) is 3. The molecule has 4 rings (SSSR count). The van der Waals surface area contributed by atoms with Crippen LogP contribution in [0.4, 0.5) is 0 Å². The molecule has 0 aliphatic heterocycles. The van der Waals surface area contributed by atoms with Gasteiger partial charge in [0.15, 0.2) is 0 Å². The highest BCUT2D eigenvalue weighted by molar-refractivity contribution is 5.27. The van der Waals surface area contributed by atoms with Crippen molar-refractivity contribution in [1.29, 1.82) is 0 Å². The summed E-state index contributed by atoms with van der Waals surface area (Å²) in [5.41, 5.74) is 0.379. The summed E-state index contributed by atoms with van der Waals surface area (Å²) in [4.78, 5) is 0. The molecule has 0 heterocycles. The molecule has 9 atom stereocenters. The topological polar surface area (TPSA) is 72.7 Å². The Hall–Kier alpha value is -0.420. The molecule has 0 aromatic heterocycles. The van der Waals surface area contributed by atoms with E-state index in [1.807, 2.05) is 0 Å². The average molecular weight is 434 g/mol. The average Bonchev–Trinajstić information content (AvgIpc) is 2.97. The molecule has 0 aromatic rings. The van der Waals surface area contributed by atoms with Crippen molar-refractivity contribution >= 4 is 0 Å². The molecule has 0 spiro atoms. The first-order valence-electron chi connectivity index (χ1n) is 13.2. The van der Waals surface area contributed by atoms with Crippen LogP contribution in [-0.2, 0) is 0 Å². The van der Waals surface area contributed by atoms with E-state index in [9.17, 15) is 15.3 Å². The van der Waals surface area contributed by atoms with Crippen LogP contribution in [0.25, 0.3) is 0 Å². The summed E-state index contributed by atoms with van der Waals surface area (Å²) >= 11 is 0. The first-order valence-corrected chi connectivity index (χ1v) is 13.2. The Bertz CT molecular complexity index is 677. The van der Waals surface area contributed by atoms with Crippen LogP contribution in [0.5, 0.6) is 0 Å². The Morgan fingerprint density at radius 3 is 2.61 bits per heavy atom. The molecule has 4 aliphatic carbocycles. The molecule has 3 saturated carbocycles. The number of rotatable bonds is 7. The van der Waals surface area contributed by atoms with Gasteiger partial charge in [0, 0.05) is 11.5 Å². The molecule has 4 N–H and O–H groups in total. The van der Waals surface area contributed by atoms with Crippen LogP contribution in [0.2, 0.25) is 0 Å². The highest BCUT2D eigenvalue weighted by Gasteiger charge is 2.68. The molecule has 0 unspecified atom stereocenters. The van der Waals surface area contributed by atoms with E-state index in [-0.39, 0.29) is 23.0 Å². The Kier molecular flexibility index (Phi) is 6.69. The van der Waals surface area contributed by atoms with Crippen molar-refractivity contribution in [2.45, 2.75) is 122 Å². The minimum atomic E-state index is -1.07. The van der Waals surface area contributed by atoms with Gasteiger partial charge < -0.3 is 20.6 Å². The molecule has 31 heavy (non-hydrogen) atoms.